The zero-order valence-electron chi connectivity index (χ0n) is 34.3. The molecule has 0 saturated carbocycles. The summed E-state index contributed by atoms with van der Waals surface area (Å²) in [5.74, 6) is 6.73. The number of aliphatic carboxylic acids is 1. The van der Waals surface area contributed by atoms with Crippen LogP contribution in [0.1, 0.15) is 58.3 Å². The largest absolute Gasteiger partial charge is 0.550 e. The van der Waals surface area contributed by atoms with E-state index in [0.29, 0.717) is 58.2 Å². The van der Waals surface area contributed by atoms with Crippen LogP contribution < -0.4 is 25.1 Å². The lowest BCUT2D eigenvalue weighted by Gasteiger charge is -2.29. The third-order valence-electron chi connectivity index (χ3n) is 10.9. The van der Waals surface area contributed by atoms with Gasteiger partial charge in [-0.05, 0) is 110 Å². The number of aromatic hydroxyl groups is 1. The molecule has 0 fully saturated rings. The minimum atomic E-state index is -1.12. The highest BCUT2D eigenvalue weighted by Gasteiger charge is 2.29. The molecule has 306 valence electrons. The van der Waals surface area contributed by atoms with Gasteiger partial charge in [0.05, 0.1) is 26.3 Å². The number of carboxylic acid groups (broad SMARTS) is 1. The predicted molar refractivity (Wildman–Crippen MR) is 234 cm³/mol. The fourth-order valence-corrected chi connectivity index (χ4v) is 7.71. The molecule has 1 atom stereocenters. The molecule has 61 heavy (non-hydrogen) atoms. The van der Waals surface area contributed by atoms with E-state index in [0.717, 1.165) is 45.0 Å². The van der Waals surface area contributed by atoms with Gasteiger partial charge in [-0.15, -0.1) is 0 Å². The van der Waals surface area contributed by atoms with E-state index in [2.05, 4.69) is 79.4 Å². The van der Waals surface area contributed by atoms with E-state index in [1.165, 1.54) is 29.2 Å². The number of benzene rings is 5. The second kappa shape index (κ2) is 17.1. The van der Waals surface area contributed by atoms with Crippen LogP contribution in [0.4, 0.5) is 5.69 Å². The molecule has 0 aromatic heterocycles. The SMILES string of the molecule is CN(C)c1ccc2c(c1)OC1=CC([NH+](C)C)C=CC1=C2c1ccc(C#Cc2ccc(-c3c4ccc(=O)cc-4oc4cc(O)ccc34)c(C(=O)OCCCCCC(=O)[O-])c2)cc1. The number of allylic oxidation sites excluding steroid dienone is 1. The maximum Gasteiger partial charge on any atom is 0.338 e. The highest BCUT2D eigenvalue weighted by molar-refractivity contribution is 6.08. The van der Waals surface area contributed by atoms with Gasteiger partial charge in [0.25, 0.3) is 0 Å². The average Bonchev–Trinajstić information content (AvgIpc) is 3.24. The monoisotopic (exact) mass is 812 g/mol. The zero-order chi connectivity index (χ0) is 42.8. The first-order valence-corrected chi connectivity index (χ1v) is 20.2. The molecule has 2 aliphatic heterocycles. The Morgan fingerprint density at radius 2 is 1.61 bits per heavy atom. The van der Waals surface area contributed by atoms with Gasteiger partial charge in [-0.3, -0.25) is 4.79 Å². The third-order valence-corrected chi connectivity index (χ3v) is 10.9. The molecule has 10 heteroatoms. The van der Waals surface area contributed by atoms with Crippen molar-refractivity contribution >= 4 is 34.2 Å². The highest BCUT2D eigenvalue weighted by Crippen LogP contribution is 2.45. The maximum absolute atomic E-state index is 14.0. The Labute approximate surface area is 353 Å². The molecule has 0 spiro atoms. The number of quaternary nitrogens is 1. The number of likely N-dealkylation sites (N-methyl/N-ethyl adjacent to an activating group) is 1. The Hall–Kier alpha value is -7.35. The summed E-state index contributed by atoms with van der Waals surface area (Å²) in [5, 5.41) is 21.8. The lowest BCUT2D eigenvalue weighted by molar-refractivity contribution is -0.871. The number of nitrogens with one attached hydrogen (secondary N) is 1. The number of ether oxygens (including phenoxy) is 2. The Kier molecular flexibility index (Phi) is 11.3. The summed E-state index contributed by atoms with van der Waals surface area (Å²) in [6.45, 7) is 0.0858. The van der Waals surface area contributed by atoms with Crippen molar-refractivity contribution in [3.8, 4) is 45.8 Å². The number of hydrogen-bond acceptors (Lipinski definition) is 9. The van der Waals surface area contributed by atoms with E-state index in [-0.39, 0.29) is 35.8 Å². The smallest absolute Gasteiger partial charge is 0.338 e. The van der Waals surface area contributed by atoms with Crippen LogP contribution in [-0.4, -0.2) is 57.9 Å². The van der Waals surface area contributed by atoms with Gasteiger partial charge in [0, 0.05) is 94.4 Å². The summed E-state index contributed by atoms with van der Waals surface area (Å²) >= 11 is 0. The topological polar surface area (TPSA) is 134 Å². The summed E-state index contributed by atoms with van der Waals surface area (Å²) in [6.07, 6.45) is 7.93. The molecule has 0 bridgehead atoms. The number of carbonyl (C=O) groups excluding carboxylic acids is 2. The van der Waals surface area contributed by atoms with Crippen LogP contribution >= 0.6 is 0 Å². The molecule has 2 heterocycles. The Morgan fingerprint density at radius 1 is 0.852 bits per heavy atom. The number of phenolic OH excluding ortho intramolecular Hbond substituents is 1. The van der Waals surface area contributed by atoms with Crippen molar-refractivity contribution < 1.29 is 38.6 Å². The molecule has 0 radical (unpaired) electrons. The first-order valence-electron chi connectivity index (χ1n) is 20.2. The van der Waals surface area contributed by atoms with Crippen molar-refractivity contribution in [2.75, 3.05) is 39.7 Å². The van der Waals surface area contributed by atoms with E-state index >= 15 is 0 Å². The Balaban J connectivity index is 1.15. The van der Waals surface area contributed by atoms with Crippen molar-refractivity contribution in [2.24, 2.45) is 0 Å². The quantitative estimate of drug-likeness (QED) is 0.0664. The Morgan fingerprint density at radius 3 is 2.38 bits per heavy atom. The second-order valence-corrected chi connectivity index (χ2v) is 15.7. The van der Waals surface area contributed by atoms with Crippen LogP contribution in [0.25, 0.3) is 39.0 Å². The minimum Gasteiger partial charge on any atom is -0.550 e. The maximum atomic E-state index is 14.0. The van der Waals surface area contributed by atoms with Crippen LogP contribution in [0, 0.1) is 11.8 Å². The molecule has 1 unspecified atom stereocenters. The fourth-order valence-electron chi connectivity index (χ4n) is 7.71. The molecule has 4 aliphatic rings. The van der Waals surface area contributed by atoms with Crippen LogP contribution in [0.15, 0.2) is 136 Å². The van der Waals surface area contributed by atoms with Crippen LogP contribution in [0.3, 0.4) is 0 Å². The first kappa shape index (κ1) is 40.4. The van der Waals surface area contributed by atoms with Gasteiger partial charge >= 0.3 is 5.97 Å². The molecule has 2 N–H and O–H groups in total. The lowest BCUT2D eigenvalue weighted by atomic mass is 9.86. The highest BCUT2D eigenvalue weighted by atomic mass is 16.5. The summed E-state index contributed by atoms with van der Waals surface area (Å²) in [6, 6.07) is 29.1. The number of rotatable bonds is 11. The van der Waals surface area contributed by atoms with Crippen LogP contribution in [-0.2, 0) is 9.53 Å². The van der Waals surface area contributed by atoms with E-state index in [1.54, 1.807) is 24.3 Å². The zero-order valence-corrected chi connectivity index (χ0v) is 34.3. The number of carboxylic acids is 1. The molecular formula is C51H44N2O8. The van der Waals surface area contributed by atoms with Gasteiger partial charge in [0.2, 0.25) is 0 Å². The summed E-state index contributed by atoms with van der Waals surface area (Å²) < 4.78 is 18.3. The standard InChI is InChI=1S/C51H44N2O8/c1-52(2)34-16-21-39-44(27-34)60-45-28-35(53(3)4)17-22-40(45)49(39)33-14-11-31(12-15-33)9-10-32-13-20-38(43(26-32)51(58)59-25-7-5-6-8-48(56)57)50-41-23-18-36(54)29-46(41)61-47-30-37(55)19-24-42(47)50/h11-24,26-30,34,54H,5-8,25H2,1-4H3,(H,56,57). The van der Waals surface area contributed by atoms with Gasteiger partial charge in [-0.25, -0.2) is 4.79 Å². The minimum absolute atomic E-state index is 0.0170. The molecule has 8 rings (SSSR count). The number of esters is 1. The third kappa shape index (κ3) is 8.56. The number of hydrogen-bond donors (Lipinski definition) is 2. The van der Waals surface area contributed by atoms with Crippen LogP contribution in [0.5, 0.6) is 11.5 Å². The Bertz CT molecular complexity index is 2890. The summed E-state index contributed by atoms with van der Waals surface area (Å²) in [4.78, 5) is 40.5. The van der Waals surface area contributed by atoms with Gasteiger partial charge in [-0.2, -0.15) is 0 Å². The van der Waals surface area contributed by atoms with Crippen molar-refractivity contribution in [1.29, 1.82) is 0 Å². The van der Waals surface area contributed by atoms with Crippen molar-refractivity contribution in [1.82, 2.24) is 0 Å². The van der Waals surface area contributed by atoms with Crippen LogP contribution in [0.2, 0.25) is 0 Å². The van der Waals surface area contributed by atoms with E-state index in [4.69, 9.17) is 13.9 Å². The van der Waals surface area contributed by atoms with Crippen molar-refractivity contribution in [3.63, 3.8) is 0 Å². The molecule has 4 aromatic carbocycles. The van der Waals surface area contributed by atoms with Crippen molar-refractivity contribution in [2.45, 2.75) is 31.7 Å². The molecule has 0 amide bonds. The van der Waals surface area contributed by atoms with Gasteiger partial charge in [0.1, 0.15) is 34.6 Å². The number of nitrogens with zero attached hydrogens (tertiary/aromatic N) is 1. The molecular weight excluding hydrogens is 769 g/mol. The number of anilines is 1. The average molecular weight is 813 g/mol. The first-order chi connectivity index (χ1) is 29.4. The fraction of sp³-hybridized carbons (Fsp3) is 0.196. The predicted octanol–water partition coefficient (Wildman–Crippen LogP) is 6.36. The van der Waals surface area contributed by atoms with Gasteiger partial charge in [-0.1, -0.05) is 30.0 Å². The normalized spacial score (nSPS) is 14.2. The van der Waals surface area contributed by atoms with E-state index in [1.807, 2.05) is 32.3 Å². The van der Waals surface area contributed by atoms with Gasteiger partial charge < -0.3 is 38.7 Å². The number of fused-ring (bicyclic) bond motifs is 4. The molecule has 10 nitrogen and oxygen atoms in total. The second-order valence-electron chi connectivity index (χ2n) is 15.7. The van der Waals surface area contributed by atoms with E-state index in [9.17, 15) is 24.6 Å². The lowest BCUT2D eigenvalue weighted by Crippen LogP contribution is -3.09. The van der Waals surface area contributed by atoms with Gasteiger partial charge in [0.15, 0.2) is 5.43 Å². The summed E-state index contributed by atoms with van der Waals surface area (Å²) in [5.41, 5.74) is 8.60. The summed E-state index contributed by atoms with van der Waals surface area (Å²) in [7, 11) is 8.27. The van der Waals surface area contributed by atoms with Crippen molar-refractivity contribution in [3.05, 3.63) is 165 Å². The molecule has 0 saturated heterocycles. The number of phenols is 1. The molecule has 4 aromatic rings. The molecule has 2 aliphatic carbocycles. The van der Waals surface area contributed by atoms with E-state index < -0.39 is 11.9 Å². The number of unbranched alkanes of at least 4 members (excludes halogenated alkanes) is 2. The number of carbonyl (C=O) groups is 2.